The first kappa shape index (κ1) is 25.2. The highest BCUT2D eigenvalue weighted by Gasteiger charge is 2.24. The summed E-state index contributed by atoms with van der Waals surface area (Å²) in [5.74, 6) is 2.22. The maximum absolute atomic E-state index is 10.5. The number of rotatable bonds is 8. The first-order valence-electron chi connectivity index (χ1n) is 10.8. The molecule has 2 atom stereocenters. The lowest BCUT2D eigenvalue weighted by Gasteiger charge is -2.34. The molecule has 2 fully saturated rings. The molecule has 0 saturated carbocycles. The summed E-state index contributed by atoms with van der Waals surface area (Å²) in [7, 11) is 1.63. The highest BCUT2D eigenvalue weighted by molar-refractivity contribution is 14.0. The minimum Gasteiger partial charge on any atom is -0.497 e. The second-order valence-electron chi connectivity index (χ2n) is 7.96. The van der Waals surface area contributed by atoms with Crippen molar-refractivity contribution in [3.63, 3.8) is 0 Å². The number of benzene rings is 1. The number of aliphatic imine (C=N–C) groups is 1. The van der Waals surface area contributed by atoms with Crippen LogP contribution in [0.2, 0.25) is 0 Å². The Balaban J connectivity index is 0.00000320. The molecule has 2 unspecified atom stereocenters. The number of nitrogens with one attached hydrogen (secondary N) is 2. The number of likely N-dealkylation sites (tertiary alicyclic amines) is 1. The number of halogens is 1. The summed E-state index contributed by atoms with van der Waals surface area (Å²) in [6.07, 6.45) is 2.76. The first-order chi connectivity index (χ1) is 14.2. The fourth-order valence-electron chi connectivity index (χ4n) is 4.00. The zero-order valence-corrected chi connectivity index (χ0v) is 20.5. The quantitative estimate of drug-likeness (QED) is 0.271. The Labute approximate surface area is 197 Å². The molecule has 7 nitrogen and oxygen atoms in total. The molecular weight excluding hydrogens is 495 g/mol. The van der Waals surface area contributed by atoms with E-state index in [0.29, 0.717) is 18.5 Å². The van der Waals surface area contributed by atoms with E-state index >= 15 is 0 Å². The summed E-state index contributed by atoms with van der Waals surface area (Å²) in [4.78, 5) is 7.18. The van der Waals surface area contributed by atoms with Crippen molar-refractivity contribution in [2.75, 3.05) is 53.0 Å². The van der Waals surface area contributed by atoms with E-state index in [0.717, 1.165) is 69.5 Å². The van der Waals surface area contributed by atoms with Gasteiger partial charge in [-0.2, -0.15) is 0 Å². The monoisotopic (exact) mass is 532 g/mol. The van der Waals surface area contributed by atoms with Gasteiger partial charge in [-0.05, 0) is 49.8 Å². The van der Waals surface area contributed by atoms with Gasteiger partial charge >= 0.3 is 0 Å². The Kier molecular flexibility index (Phi) is 11.2. The van der Waals surface area contributed by atoms with Crippen molar-refractivity contribution in [1.29, 1.82) is 0 Å². The van der Waals surface area contributed by atoms with Crippen LogP contribution in [-0.4, -0.2) is 75.1 Å². The van der Waals surface area contributed by atoms with Crippen molar-refractivity contribution in [2.24, 2.45) is 10.9 Å². The normalized spacial score (nSPS) is 21.7. The zero-order valence-electron chi connectivity index (χ0n) is 18.2. The Hall–Kier alpha value is -1.10. The van der Waals surface area contributed by atoms with Crippen LogP contribution in [0, 0.1) is 5.92 Å². The van der Waals surface area contributed by atoms with E-state index in [-0.39, 0.29) is 24.0 Å². The Bertz CT molecular complexity index is 647. The molecule has 2 saturated heterocycles. The lowest BCUT2D eigenvalue weighted by molar-refractivity contribution is 0.150. The summed E-state index contributed by atoms with van der Waals surface area (Å²) >= 11 is 0. The molecule has 0 radical (unpaired) electrons. The van der Waals surface area contributed by atoms with Crippen LogP contribution in [0.5, 0.6) is 5.75 Å². The molecule has 170 valence electrons. The first-order valence-corrected chi connectivity index (χ1v) is 10.8. The largest absolute Gasteiger partial charge is 0.497 e. The van der Waals surface area contributed by atoms with Gasteiger partial charge in [0, 0.05) is 38.8 Å². The molecule has 1 aromatic carbocycles. The summed E-state index contributed by atoms with van der Waals surface area (Å²) in [6, 6.07) is 7.92. The van der Waals surface area contributed by atoms with E-state index < -0.39 is 6.10 Å². The topological polar surface area (TPSA) is 78.4 Å². The summed E-state index contributed by atoms with van der Waals surface area (Å²) < 4.78 is 10.7. The molecule has 0 amide bonds. The SMILES string of the molecule is CCNC(=NCC(O)c1cccc(OC)c1)NC1CCN(CC2CCOC2)CC1.I. The van der Waals surface area contributed by atoms with Gasteiger partial charge in [-0.25, -0.2) is 0 Å². The fourth-order valence-corrected chi connectivity index (χ4v) is 4.00. The Morgan fingerprint density at radius 3 is 2.80 bits per heavy atom. The number of hydrogen-bond acceptors (Lipinski definition) is 5. The molecule has 2 aliphatic heterocycles. The molecule has 0 aromatic heterocycles. The highest BCUT2D eigenvalue weighted by Crippen LogP contribution is 2.20. The average molecular weight is 532 g/mol. The molecule has 8 heteroatoms. The Morgan fingerprint density at radius 2 is 2.13 bits per heavy atom. The highest BCUT2D eigenvalue weighted by atomic mass is 127. The second-order valence-corrected chi connectivity index (χ2v) is 7.96. The van der Waals surface area contributed by atoms with Gasteiger partial charge in [-0.3, -0.25) is 4.99 Å². The van der Waals surface area contributed by atoms with Crippen LogP contribution in [0.1, 0.15) is 37.9 Å². The van der Waals surface area contributed by atoms with Crippen molar-refractivity contribution < 1.29 is 14.6 Å². The summed E-state index contributed by atoms with van der Waals surface area (Å²) in [5, 5.41) is 17.4. The third-order valence-electron chi connectivity index (χ3n) is 5.71. The van der Waals surface area contributed by atoms with Crippen molar-refractivity contribution in [2.45, 2.75) is 38.3 Å². The van der Waals surface area contributed by atoms with Crippen molar-refractivity contribution in [3.8, 4) is 5.75 Å². The zero-order chi connectivity index (χ0) is 20.5. The van der Waals surface area contributed by atoms with Crippen LogP contribution in [-0.2, 0) is 4.74 Å². The summed E-state index contributed by atoms with van der Waals surface area (Å²) in [5.41, 5.74) is 0.813. The minimum atomic E-state index is -0.656. The van der Waals surface area contributed by atoms with E-state index in [1.54, 1.807) is 7.11 Å². The van der Waals surface area contributed by atoms with Crippen LogP contribution in [0.4, 0.5) is 0 Å². The average Bonchev–Trinajstić information content (AvgIpc) is 3.26. The van der Waals surface area contributed by atoms with Gasteiger partial charge in [0.25, 0.3) is 0 Å². The molecule has 0 aliphatic carbocycles. The lowest BCUT2D eigenvalue weighted by Crippen LogP contribution is -2.49. The van der Waals surface area contributed by atoms with Gasteiger partial charge < -0.3 is 30.1 Å². The van der Waals surface area contributed by atoms with E-state index in [1.165, 1.54) is 6.42 Å². The van der Waals surface area contributed by atoms with E-state index in [4.69, 9.17) is 9.47 Å². The number of hydrogen-bond donors (Lipinski definition) is 3. The van der Waals surface area contributed by atoms with Crippen molar-refractivity contribution in [3.05, 3.63) is 29.8 Å². The van der Waals surface area contributed by atoms with Gasteiger partial charge in [-0.15, -0.1) is 24.0 Å². The number of piperidine rings is 1. The molecule has 0 bridgehead atoms. The molecule has 1 aromatic rings. The maximum Gasteiger partial charge on any atom is 0.191 e. The van der Waals surface area contributed by atoms with Crippen molar-refractivity contribution >= 4 is 29.9 Å². The van der Waals surface area contributed by atoms with Gasteiger partial charge in [-0.1, -0.05) is 12.1 Å². The molecule has 0 spiro atoms. The van der Waals surface area contributed by atoms with Crippen LogP contribution >= 0.6 is 24.0 Å². The number of guanidine groups is 1. The minimum absolute atomic E-state index is 0. The number of methoxy groups -OCH3 is 1. The summed E-state index contributed by atoms with van der Waals surface area (Å²) in [6.45, 7) is 8.39. The third kappa shape index (κ3) is 7.86. The van der Waals surface area contributed by atoms with Gasteiger partial charge in [0.1, 0.15) is 5.75 Å². The van der Waals surface area contributed by atoms with Crippen LogP contribution < -0.4 is 15.4 Å². The smallest absolute Gasteiger partial charge is 0.191 e. The van der Waals surface area contributed by atoms with Crippen molar-refractivity contribution in [1.82, 2.24) is 15.5 Å². The van der Waals surface area contributed by atoms with Crippen LogP contribution in [0.15, 0.2) is 29.3 Å². The van der Waals surface area contributed by atoms with E-state index in [9.17, 15) is 5.11 Å². The number of nitrogens with zero attached hydrogens (tertiary/aromatic N) is 2. The molecule has 2 heterocycles. The predicted molar refractivity (Wildman–Crippen MR) is 131 cm³/mol. The number of aliphatic hydroxyl groups is 1. The van der Waals surface area contributed by atoms with Crippen LogP contribution in [0.3, 0.4) is 0 Å². The molecule has 2 aliphatic rings. The van der Waals surface area contributed by atoms with Gasteiger partial charge in [0.2, 0.25) is 0 Å². The third-order valence-corrected chi connectivity index (χ3v) is 5.71. The predicted octanol–water partition coefficient (Wildman–Crippen LogP) is 2.40. The molecule has 3 rings (SSSR count). The number of aliphatic hydroxyl groups excluding tert-OH is 1. The van der Waals surface area contributed by atoms with Crippen LogP contribution in [0.25, 0.3) is 0 Å². The van der Waals surface area contributed by atoms with Gasteiger partial charge in [0.15, 0.2) is 5.96 Å². The van der Waals surface area contributed by atoms with Gasteiger partial charge in [0.05, 0.1) is 26.4 Å². The molecule has 30 heavy (non-hydrogen) atoms. The van der Waals surface area contributed by atoms with E-state index in [2.05, 4.69) is 27.4 Å². The van der Waals surface area contributed by atoms with E-state index in [1.807, 2.05) is 24.3 Å². The Morgan fingerprint density at radius 1 is 1.33 bits per heavy atom. The standard InChI is InChI=1S/C22H36N4O3.HI/c1-3-23-22(24-14-21(27)18-5-4-6-20(13-18)28-2)25-19-7-10-26(11-8-19)15-17-9-12-29-16-17;/h4-6,13,17,19,21,27H,3,7-12,14-16H2,1-2H3,(H2,23,24,25);1H. The number of ether oxygens (including phenoxy) is 2. The lowest BCUT2D eigenvalue weighted by atomic mass is 10.0. The second kappa shape index (κ2) is 13.3. The molecular formula is C22H37IN4O3. The fraction of sp³-hybridized carbons (Fsp3) is 0.682. The molecule has 3 N–H and O–H groups in total. The maximum atomic E-state index is 10.5.